The smallest absolute Gasteiger partial charge is 0.307 e. The highest BCUT2D eigenvalue weighted by Gasteiger charge is 2.33. The predicted octanol–water partition coefficient (Wildman–Crippen LogP) is 2.21. The Morgan fingerprint density at radius 1 is 1.12 bits per heavy atom. The zero-order valence-electron chi connectivity index (χ0n) is 13.2. The Morgan fingerprint density at radius 2 is 1.75 bits per heavy atom. The highest BCUT2D eigenvalue weighted by atomic mass is 16.4. The Morgan fingerprint density at radius 3 is 2.33 bits per heavy atom. The minimum atomic E-state index is -0.964. The zero-order valence-corrected chi connectivity index (χ0v) is 13.2. The molecule has 1 aromatic carbocycles. The first kappa shape index (κ1) is 17.5. The van der Waals surface area contributed by atoms with Crippen molar-refractivity contribution in [2.24, 2.45) is 11.8 Å². The Balaban J connectivity index is 2.01. The number of benzene rings is 1. The molecule has 1 aliphatic carbocycles. The third-order valence-electron chi connectivity index (χ3n) is 3.91. The zero-order chi connectivity index (χ0) is 17.5. The van der Waals surface area contributed by atoms with Crippen molar-refractivity contribution in [2.75, 3.05) is 11.9 Å². The maximum Gasteiger partial charge on any atom is 0.307 e. The van der Waals surface area contributed by atoms with Crippen molar-refractivity contribution in [3.63, 3.8) is 0 Å². The molecule has 24 heavy (non-hydrogen) atoms. The van der Waals surface area contributed by atoms with Crippen LogP contribution in [-0.4, -0.2) is 29.4 Å². The van der Waals surface area contributed by atoms with Crippen LogP contribution in [0.5, 0.6) is 0 Å². The Kier molecular flexibility index (Phi) is 5.89. The largest absolute Gasteiger partial charge is 0.481 e. The minimum Gasteiger partial charge on any atom is -0.481 e. The van der Waals surface area contributed by atoms with E-state index in [0.29, 0.717) is 30.6 Å². The van der Waals surface area contributed by atoms with Crippen molar-refractivity contribution < 1.29 is 19.5 Å². The van der Waals surface area contributed by atoms with Crippen molar-refractivity contribution in [3.8, 4) is 0 Å². The van der Waals surface area contributed by atoms with E-state index in [9.17, 15) is 19.5 Å². The number of aliphatic carboxylic acids is 1. The van der Waals surface area contributed by atoms with Gasteiger partial charge in [0, 0.05) is 17.8 Å². The van der Waals surface area contributed by atoms with Crippen LogP contribution in [0.2, 0.25) is 0 Å². The maximum absolute atomic E-state index is 12.3. The number of carbonyl (C=O) groups excluding carboxylic acids is 2. The molecule has 0 aromatic heterocycles. The van der Waals surface area contributed by atoms with Crippen LogP contribution in [0.3, 0.4) is 0 Å². The van der Waals surface area contributed by atoms with E-state index in [-0.39, 0.29) is 11.8 Å². The van der Waals surface area contributed by atoms with Gasteiger partial charge in [0.15, 0.2) is 0 Å². The van der Waals surface area contributed by atoms with Crippen molar-refractivity contribution >= 4 is 23.5 Å². The quantitative estimate of drug-likeness (QED) is 0.698. The molecule has 0 heterocycles. The molecule has 2 atom stereocenters. The number of allylic oxidation sites excluding steroid dienone is 2. The normalized spacial score (nSPS) is 19.3. The summed E-state index contributed by atoms with van der Waals surface area (Å²) in [4.78, 5) is 35.4. The van der Waals surface area contributed by atoms with Crippen molar-refractivity contribution in [1.82, 2.24) is 5.32 Å². The Bertz CT molecular complexity index is 664. The number of hydrogen-bond donors (Lipinski definition) is 3. The number of carboxylic acids is 1. The first-order chi connectivity index (χ1) is 11.5. The van der Waals surface area contributed by atoms with E-state index < -0.39 is 17.8 Å². The highest BCUT2D eigenvalue weighted by molar-refractivity contribution is 5.97. The molecule has 0 spiro atoms. The molecule has 0 fully saturated rings. The SMILES string of the molecule is C=CCNC(=O)c1ccc(NC(=O)[C@H]2CC=CC[C@@H]2C(=O)O)cc1. The summed E-state index contributed by atoms with van der Waals surface area (Å²) >= 11 is 0. The van der Waals surface area contributed by atoms with Crippen LogP contribution in [0, 0.1) is 11.8 Å². The van der Waals surface area contributed by atoms with Crippen molar-refractivity contribution in [1.29, 1.82) is 0 Å². The molecule has 2 rings (SSSR count). The van der Waals surface area contributed by atoms with Crippen molar-refractivity contribution in [2.45, 2.75) is 12.8 Å². The third-order valence-corrected chi connectivity index (χ3v) is 3.91. The van der Waals surface area contributed by atoms with E-state index in [1.807, 2.05) is 6.08 Å². The standard InChI is InChI=1S/C18H20N2O4/c1-2-11-19-16(21)12-7-9-13(10-8-12)20-17(22)14-5-3-4-6-15(14)18(23)24/h2-4,7-10,14-15H,1,5-6,11H2,(H,19,21)(H,20,22)(H,23,24)/t14-,15-/m0/s1. The molecular weight excluding hydrogens is 308 g/mol. The highest BCUT2D eigenvalue weighted by Crippen LogP contribution is 2.27. The second-order valence-corrected chi connectivity index (χ2v) is 5.56. The first-order valence-corrected chi connectivity index (χ1v) is 7.70. The fraction of sp³-hybridized carbons (Fsp3) is 0.278. The van der Waals surface area contributed by atoms with Gasteiger partial charge in [0.05, 0.1) is 11.8 Å². The van der Waals surface area contributed by atoms with E-state index >= 15 is 0 Å². The predicted molar refractivity (Wildman–Crippen MR) is 90.6 cm³/mol. The molecule has 0 radical (unpaired) electrons. The van der Waals surface area contributed by atoms with Gasteiger partial charge >= 0.3 is 5.97 Å². The van der Waals surface area contributed by atoms with Gasteiger partial charge in [0.25, 0.3) is 5.91 Å². The molecule has 0 unspecified atom stereocenters. The van der Waals surface area contributed by atoms with Gasteiger partial charge in [0.2, 0.25) is 5.91 Å². The monoisotopic (exact) mass is 328 g/mol. The number of carbonyl (C=O) groups is 3. The second kappa shape index (κ2) is 8.10. The molecule has 6 heteroatoms. The average Bonchev–Trinajstić information content (AvgIpc) is 2.60. The summed E-state index contributed by atoms with van der Waals surface area (Å²) in [7, 11) is 0. The number of nitrogens with one attached hydrogen (secondary N) is 2. The molecule has 1 aliphatic rings. The van der Waals surface area contributed by atoms with Crippen LogP contribution in [0.1, 0.15) is 23.2 Å². The summed E-state index contributed by atoms with van der Waals surface area (Å²) in [5.41, 5.74) is 0.998. The van der Waals surface area contributed by atoms with Crippen LogP contribution in [0.15, 0.2) is 49.1 Å². The molecule has 3 N–H and O–H groups in total. The lowest BCUT2D eigenvalue weighted by Gasteiger charge is -2.24. The molecule has 6 nitrogen and oxygen atoms in total. The summed E-state index contributed by atoms with van der Waals surface area (Å²) in [6, 6.07) is 6.44. The van der Waals surface area contributed by atoms with Crippen LogP contribution in [-0.2, 0) is 9.59 Å². The van der Waals surface area contributed by atoms with Gasteiger partial charge in [-0.3, -0.25) is 14.4 Å². The summed E-state index contributed by atoms with van der Waals surface area (Å²) in [6.45, 7) is 3.91. The van der Waals surface area contributed by atoms with Crippen LogP contribution in [0.4, 0.5) is 5.69 Å². The van der Waals surface area contributed by atoms with Gasteiger partial charge < -0.3 is 15.7 Å². The van der Waals surface area contributed by atoms with Crippen LogP contribution in [0.25, 0.3) is 0 Å². The summed E-state index contributed by atoms with van der Waals surface area (Å²) in [5, 5.41) is 14.6. The number of hydrogen-bond acceptors (Lipinski definition) is 3. The molecule has 0 saturated carbocycles. The number of amides is 2. The van der Waals surface area contributed by atoms with Crippen LogP contribution < -0.4 is 10.6 Å². The number of carboxylic acid groups (broad SMARTS) is 1. The van der Waals surface area contributed by atoms with Crippen molar-refractivity contribution in [3.05, 3.63) is 54.6 Å². The lowest BCUT2D eigenvalue weighted by Crippen LogP contribution is -2.34. The molecular formula is C18H20N2O4. The van der Waals surface area contributed by atoms with E-state index in [4.69, 9.17) is 0 Å². The maximum atomic E-state index is 12.3. The lowest BCUT2D eigenvalue weighted by atomic mass is 9.82. The van der Waals surface area contributed by atoms with Gasteiger partial charge in [-0.25, -0.2) is 0 Å². The van der Waals surface area contributed by atoms with Gasteiger partial charge in [-0.15, -0.1) is 6.58 Å². The summed E-state index contributed by atoms with van der Waals surface area (Å²) < 4.78 is 0. The van der Waals surface area contributed by atoms with E-state index in [2.05, 4.69) is 17.2 Å². The molecule has 2 amide bonds. The fourth-order valence-corrected chi connectivity index (χ4v) is 2.58. The van der Waals surface area contributed by atoms with Gasteiger partial charge in [0.1, 0.15) is 0 Å². The summed E-state index contributed by atoms with van der Waals surface area (Å²) in [6.07, 6.45) is 5.97. The molecule has 0 aliphatic heterocycles. The molecule has 0 bridgehead atoms. The number of rotatable bonds is 6. The third kappa shape index (κ3) is 4.32. The lowest BCUT2D eigenvalue weighted by molar-refractivity contribution is -0.146. The second-order valence-electron chi connectivity index (χ2n) is 5.56. The molecule has 1 aromatic rings. The van der Waals surface area contributed by atoms with E-state index in [1.54, 1.807) is 36.4 Å². The summed E-state index contributed by atoms with van der Waals surface area (Å²) in [5.74, 6) is -2.82. The van der Waals surface area contributed by atoms with Crippen LogP contribution >= 0.6 is 0 Å². The topological polar surface area (TPSA) is 95.5 Å². The Labute approximate surface area is 140 Å². The minimum absolute atomic E-state index is 0.226. The molecule has 0 saturated heterocycles. The fourth-order valence-electron chi connectivity index (χ4n) is 2.58. The van der Waals surface area contributed by atoms with Gasteiger partial charge in [-0.05, 0) is 37.1 Å². The van der Waals surface area contributed by atoms with Gasteiger partial charge in [-0.2, -0.15) is 0 Å². The Hall–Kier alpha value is -2.89. The first-order valence-electron chi connectivity index (χ1n) is 7.70. The van der Waals surface area contributed by atoms with E-state index in [0.717, 1.165) is 0 Å². The number of anilines is 1. The van der Waals surface area contributed by atoms with Gasteiger partial charge in [-0.1, -0.05) is 18.2 Å². The molecule has 126 valence electrons. The van der Waals surface area contributed by atoms with E-state index in [1.165, 1.54) is 0 Å². The average molecular weight is 328 g/mol.